The Hall–Kier alpha value is -2.33. The first-order chi connectivity index (χ1) is 13.0. The highest BCUT2D eigenvalue weighted by Gasteiger charge is 2.18. The van der Waals surface area contributed by atoms with Gasteiger partial charge in [0.05, 0.1) is 5.56 Å². The molecule has 0 aliphatic rings. The minimum absolute atomic E-state index is 0.318. The summed E-state index contributed by atoms with van der Waals surface area (Å²) in [6, 6.07) is 15.7. The zero-order valence-corrected chi connectivity index (χ0v) is 16.8. The molecule has 4 heteroatoms. The van der Waals surface area contributed by atoms with Gasteiger partial charge in [-0.3, -0.25) is 0 Å². The minimum Gasteiger partial charge on any atom is -0.478 e. The molecule has 140 valence electrons. The third-order valence-electron chi connectivity index (χ3n) is 4.96. The van der Waals surface area contributed by atoms with Crippen molar-refractivity contribution >= 4 is 28.5 Å². The summed E-state index contributed by atoms with van der Waals surface area (Å²) < 4.78 is 0. The summed E-state index contributed by atoms with van der Waals surface area (Å²) in [6.07, 6.45) is 1.79. The van der Waals surface area contributed by atoms with E-state index in [1.807, 2.05) is 12.1 Å². The number of rotatable bonds is 7. The largest absolute Gasteiger partial charge is 0.478 e. The molecule has 1 N–H and O–H groups in total. The lowest BCUT2D eigenvalue weighted by Gasteiger charge is -2.19. The van der Waals surface area contributed by atoms with Crippen molar-refractivity contribution in [3.05, 3.63) is 70.9 Å². The number of hydrogen-bond acceptors (Lipinski definition) is 3. The summed E-state index contributed by atoms with van der Waals surface area (Å²) in [7, 11) is 0. The molecule has 3 nitrogen and oxygen atoms in total. The normalized spacial score (nSPS) is 12.3. The molecule has 3 rings (SSSR count). The monoisotopic (exact) mass is 379 g/mol. The molecule has 1 unspecified atom stereocenters. The summed E-state index contributed by atoms with van der Waals surface area (Å²) in [5.41, 5.74) is 3.84. The molecule has 0 aliphatic heterocycles. The van der Waals surface area contributed by atoms with Crippen LogP contribution >= 0.6 is 11.8 Å². The van der Waals surface area contributed by atoms with Gasteiger partial charge in [0.15, 0.2) is 0 Å². The summed E-state index contributed by atoms with van der Waals surface area (Å²) in [4.78, 5) is 16.2. The van der Waals surface area contributed by atoms with E-state index in [9.17, 15) is 4.79 Å². The number of pyridine rings is 1. The van der Waals surface area contributed by atoms with Crippen LogP contribution in [0.3, 0.4) is 0 Å². The molecule has 27 heavy (non-hydrogen) atoms. The molecule has 1 aromatic heterocycles. The van der Waals surface area contributed by atoms with Crippen LogP contribution in [0.2, 0.25) is 0 Å². The van der Waals surface area contributed by atoms with Crippen molar-refractivity contribution < 1.29 is 9.90 Å². The number of hydrogen-bond donors (Lipinski definition) is 1. The lowest BCUT2D eigenvalue weighted by molar-refractivity contribution is 0.0697. The zero-order chi connectivity index (χ0) is 19.4. The van der Waals surface area contributed by atoms with E-state index >= 15 is 0 Å². The number of fused-ring (bicyclic) bond motifs is 1. The predicted octanol–water partition coefficient (Wildman–Crippen LogP) is 6.15. The standard InChI is InChI=1S/C23H25NO2S/c1-4-15(3)21-20(14-16-10-12-17(13-11-16)23(25)26)18-8-6-7-9-19(18)22(24-21)27-5-2/h6-13,15H,4-5,14H2,1-3H3,(H,25,26). The Morgan fingerprint density at radius 1 is 1.07 bits per heavy atom. The molecule has 0 saturated carbocycles. The third-order valence-corrected chi connectivity index (χ3v) is 5.83. The Morgan fingerprint density at radius 2 is 1.74 bits per heavy atom. The van der Waals surface area contributed by atoms with Crippen molar-refractivity contribution in [1.82, 2.24) is 4.98 Å². The van der Waals surface area contributed by atoms with Crippen LogP contribution in [0.4, 0.5) is 0 Å². The summed E-state index contributed by atoms with van der Waals surface area (Å²) in [6.45, 7) is 6.58. The molecule has 0 fully saturated rings. The van der Waals surface area contributed by atoms with E-state index in [0.29, 0.717) is 11.5 Å². The van der Waals surface area contributed by atoms with Gasteiger partial charge in [0.2, 0.25) is 0 Å². The fourth-order valence-electron chi connectivity index (χ4n) is 3.31. The fraction of sp³-hybridized carbons (Fsp3) is 0.304. The molecule has 0 saturated heterocycles. The third kappa shape index (κ3) is 4.16. The van der Waals surface area contributed by atoms with Gasteiger partial charge < -0.3 is 5.11 Å². The number of carbonyl (C=O) groups is 1. The van der Waals surface area contributed by atoms with E-state index in [-0.39, 0.29) is 0 Å². The van der Waals surface area contributed by atoms with E-state index in [4.69, 9.17) is 10.1 Å². The van der Waals surface area contributed by atoms with Crippen LogP contribution in [0.1, 0.15) is 60.3 Å². The van der Waals surface area contributed by atoms with Gasteiger partial charge in [-0.15, -0.1) is 11.8 Å². The second-order valence-corrected chi connectivity index (χ2v) is 8.00. The Balaban J connectivity index is 2.14. The summed E-state index contributed by atoms with van der Waals surface area (Å²) in [5, 5.41) is 12.7. The average Bonchev–Trinajstić information content (AvgIpc) is 2.69. The molecule has 3 aromatic rings. The highest BCUT2D eigenvalue weighted by atomic mass is 32.2. The molecule has 0 radical (unpaired) electrons. The number of benzene rings is 2. The first-order valence-corrected chi connectivity index (χ1v) is 10.4. The number of aromatic carboxylic acids is 1. The number of nitrogens with zero attached hydrogens (tertiary/aromatic N) is 1. The van der Waals surface area contributed by atoms with Crippen molar-refractivity contribution in [3.63, 3.8) is 0 Å². The van der Waals surface area contributed by atoms with Crippen molar-refractivity contribution in [2.24, 2.45) is 0 Å². The number of carboxylic acids is 1. The van der Waals surface area contributed by atoms with Gasteiger partial charge in [-0.2, -0.15) is 0 Å². The maximum absolute atomic E-state index is 11.1. The van der Waals surface area contributed by atoms with Crippen LogP contribution in [0.25, 0.3) is 10.8 Å². The van der Waals surface area contributed by atoms with Crippen LogP contribution < -0.4 is 0 Å². The minimum atomic E-state index is -0.894. The van der Waals surface area contributed by atoms with Crippen molar-refractivity contribution in [2.75, 3.05) is 5.75 Å². The van der Waals surface area contributed by atoms with E-state index in [0.717, 1.165) is 34.9 Å². The lowest BCUT2D eigenvalue weighted by Crippen LogP contribution is -2.06. The molecule has 0 aliphatic carbocycles. The average molecular weight is 380 g/mol. The van der Waals surface area contributed by atoms with Crippen LogP contribution in [-0.2, 0) is 6.42 Å². The van der Waals surface area contributed by atoms with E-state index in [2.05, 4.69) is 45.0 Å². The van der Waals surface area contributed by atoms with Crippen LogP contribution in [0, 0.1) is 0 Å². The smallest absolute Gasteiger partial charge is 0.335 e. The van der Waals surface area contributed by atoms with Gasteiger partial charge in [-0.05, 0) is 53.2 Å². The highest BCUT2D eigenvalue weighted by Crippen LogP contribution is 2.35. The Bertz CT molecular complexity index is 950. The maximum atomic E-state index is 11.1. The van der Waals surface area contributed by atoms with Crippen molar-refractivity contribution in [1.29, 1.82) is 0 Å². The molecule has 0 amide bonds. The van der Waals surface area contributed by atoms with Gasteiger partial charge in [0.25, 0.3) is 0 Å². The first-order valence-electron chi connectivity index (χ1n) is 9.41. The van der Waals surface area contributed by atoms with Gasteiger partial charge in [-0.25, -0.2) is 9.78 Å². The highest BCUT2D eigenvalue weighted by molar-refractivity contribution is 7.99. The quantitative estimate of drug-likeness (QED) is 0.500. The molecular formula is C23H25NO2S. The topological polar surface area (TPSA) is 50.2 Å². The van der Waals surface area contributed by atoms with Gasteiger partial charge in [0.1, 0.15) is 5.03 Å². The van der Waals surface area contributed by atoms with E-state index in [1.54, 1.807) is 23.9 Å². The van der Waals surface area contributed by atoms with E-state index < -0.39 is 5.97 Å². The second-order valence-electron chi connectivity index (χ2n) is 6.75. The molecule has 0 spiro atoms. The molecular weight excluding hydrogens is 354 g/mol. The van der Waals surface area contributed by atoms with Crippen molar-refractivity contribution in [3.8, 4) is 0 Å². The van der Waals surface area contributed by atoms with Crippen LogP contribution in [-0.4, -0.2) is 21.8 Å². The van der Waals surface area contributed by atoms with Crippen molar-refractivity contribution in [2.45, 2.75) is 44.6 Å². The molecule has 1 atom stereocenters. The fourth-order valence-corrected chi connectivity index (χ4v) is 4.08. The molecule has 0 bridgehead atoms. The van der Waals surface area contributed by atoms with Gasteiger partial charge in [0, 0.05) is 11.1 Å². The Kier molecular flexibility index (Phi) is 6.17. The predicted molar refractivity (Wildman–Crippen MR) is 113 cm³/mol. The SMILES string of the molecule is CCSc1nc(C(C)CC)c(Cc2ccc(C(=O)O)cc2)c2ccccc12. The Morgan fingerprint density at radius 3 is 2.33 bits per heavy atom. The Labute approximate surface area is 164 Å². The zero-order valence-electron chi connectivity index (χ0n) is 16.0. The summed E-state index contributed by atoms with van der Waals surface area (Å²) >= 11 is 1.79. The maximum Gasteiger partial charge on any atom is 0.335 e. The van der Waals surface area contributed by atoms with Crippen LogP contribution in [0.5, 0.6) is 0 Å². The number of aromatic nitrogens is 1. The molecule has 2 aromatic carbocycles. The first kappa shape index (κ1) is 19.4. The summed E-state index contributed by atoms with van der Waals surface area (Å²) in [5.74, 6) is 0.474. The lowest BCUT2D eigenvalue weighted by atomic mass is 9.91. The van der Waals surface area contributed by atoms with E-state index in [1.165, 1.54) is 16.3 Å². The van der Waals surface area contributed by atoms with Gasteiger partial charge in [-0.1, -0.05) is 57.2 Å². The number of carboxylic acid groups (broad SMARTS) is 1. The van der Waals surface area contributed by atoms with Gasteiger partial charge >= 0.3 is 5.97 Å². The molecule has 1 heterocycles. The number of thioether (sulfide) groups is 1. The van der Waals surface area contributed by atoms with Crippen LogP contribution in [0.15, 0.2) is 53.6 Å². The second kappa shape index (κ2) is 8.57.